The molecule has 2 heterocycles. The molecule has 4 rings (SSSR count). The van der Waals surface area contributed by atoms with Crippen molar-refractivity contribution in [2.75, 3.05) is 13.1 Å². The second kappa shape index (κ2) is 7.55. The monoisotopic (exact) mass is 375 g/mol. The van der Waals surface area contributed by atoms with Crippen LogP contribution in [-0.4, -0.2) is 40.8 Å². The van der Waals surface area contributed by atoms with Crippen LogP contribution in [0.5, 0.6) is 0 Å². The second-order valence-electron chi connectivity index (χ2n) is 7.93. The van der Waals surface area contributed by atoms with E-state index in [1.54, 1.807) is 0 Å². The fourth-order valence-corrected chi connectivity index (χ4v) is 4.35. The Labute approximate surface area is 159 Å². The quantitative estimate of drug-likeness (QED) is 0.804. The summed E-state index contributed by atoms with van der Waals surface area (Å²) in [6.07, 6.45) is 8.73. The van der Waals surface area contributed by atoms with Crippen molar-refractivity contribution in [3.8, 4) is 0 Å². The lowest BCUT2D eigenvalue weighted by molar-refractivity contribution is -0.121. The molecule has 1 aromatic heterocycles. The number of carbonyl (C=O) groups excluding carboxylic acids is 2. The van der Waals surface area contributed by atoms with Crippen molar-refractivity contribution in [3.05, 3.63) is 28.0 Å². The summed E-state index contributed by atoms with van der Waals surface area (Å²) in [7, 11) is 0. The molecule has 0 aromatic carbocycles. The van der Waals surface area contributed by atoms with E-state index in [-0.39, 0.29) is 11.8 Å². The molecule has 6 heteroatoms. The minimum Gasteiger partial charge on any atom is -0.353 e. The highest BCUT2D eigenvalue weighted by molar-refractivity contribution is 6.32. The summed E-state index contributed by atoms with van der Waals surface area (Å²) in [5.41, 5.74) is 2.76. The molecule has 2 amide bonds. The van der Waals surface area contributed by atoms with Gasteiger partial charge in [0.05, 0.1) is 5.56 Å². The van der Waals surface area contributed by atoms with E-state index in [1.807, 2.05) is 11.0 Å². The van der Waals surface area contributed by atoms with Gasteiger partial charge in [0.1, 0.15) is 5.15 Å². The van der Waals surface area contributed by atoms with E-state index in [2.05, 4.69) is 10.3 Å². The minimum absolute atomic E-state index is 0.00988. The van der Waals surface area contributed by atoms with Crippen molar-refractivity contribution in [2.24, 2.45) is 5.92 Å². The number of rotatable bonds is 5. The summed E-state index contributed by atoms with van der Waals surface area (Å²) < 4.78 is 0. The third kappa shape index (κ3) is 4.03. The summed E-state index contributed by atoms with van der Waals surface area (Å²) in [4.78, 5) is 31.2. The number of pyridine rings is 1. The molecule has 1 N–H and O–H groups in total. The number of nitrogens with zero attached hydrogens (tertiary/aromatic N) is 2. The number of halogens is 1. The van der Waals surface area contributed by atoms with Gasteiger partial charge in [0, 0.05) is 31.2 Å². The summed E-state index contributed by atoms with van der Waals surface area (Å²) in [5.74, 6) is 0.532. The Morgan fingerprint density at radius 2 is 2.08 bits per heavy atom. The van der Waals surface area contributed by atoms with Gasteiger partial charge in [-0.1, -0.05) is 11.6 Å². The Balaban J connectivity index is 1.36. The number of likely N-dealkylation sites (tertiary alicyclic amines) is 1. The zero-order valence-corrected chi connectivity index (χ0v) is 15.9. The molecule has 3 aliphatic rings. The summed E-state index contributed by atoms with van der Waals surface area (Å²) in [6, 6.07) is 2.37. The highest BCUT2D eigenvalue weighted by Gasteiger charge is 2.28. The number of fused-ring (bicyclic) bond motifs is 1. The molecule has 1 saturated heterocycles. The molecule has 1 atom stereocenters. The van der Waals surface area contributed by atoms with Gasteiger partial charge in [-0.2, -0.15) is 0 Å². The van der Waals surface area contributed by atoms with Gasteiger partial charge in [0.25, 0.3) is 5.91 Å². The number of aromatic nitrogens is 1. The SMILES string of the molecule is O=C(CC[C@H]1CCCN(C(=O)c2cc3c(nc2Cl)CCC3)C1)NC1CC1. The average molecular weight is 376 g/mol. The van der Waals surface area contributed by atoms with Crippen LogP contribution in [0.2, 0.25) is 5.15 Å². The Morgan fingerprint density at radius 3 is 2.88 bits per heavy atom. The number of nitrogens with one attached hydrogen (secondary N) is 1. The van der Waals surface area contributed by atoms with Crippen LogP contribution in [0.3, 0.4) is 0 Å². The first-order valence-corrected chi connectivity index (χ1v) is 10.2. The van der Waals surface area contributed by atoms with Crippen LogP contribution in [0.15, 0.2) is 6.07 Å². The first-order chi connectivity index (χ1) is 12.6. The van der Waals surface area contributed by atoms with E-state index in [0.717, 1.165) is 63.6 Å². The van der Waals surface area contributed by atoms with Crippen LogP contribution < -0.4 is 5.32 Å². The van der Waals surface area contributed by atoms with Crippen molar-refractivity contribution in [3.63, 3.8) is 0 Å². The Bertz CT molecular complexity index is 717. The smallest absolute Gasteiger partial charge is 0.257 e. The van der Waals surface area contributed by atoms with Gasteiger partial charge in [0.2, 0.25) is 5.91 Å². The second-order valence-corrected chi connectivity index (χ2v) is 8.28. The molecule has 0 bridgehead atoms. The maximum atomic E-state index is 13.0. The molecular weight excluding hydrogens is 350 g/mol. The van der Waals surface area contributed by atoms with Crippen LogP contribution in [0.1, 0.15) is 66.6 Å². The average Bonchev–Trinajstić information content (AvgIpc) is 3.34. The van der Waals surface area contributed by atoms with Crippen LogP contribution in [-0.2, 0) is 17.6 Å². The molecule has 1 saturated carbocycles. The fourth-order valence-electron chi connectivity index (χ4n) is 4.12. The van der Waals surface area contributed by atoms with E-state index in [1.165, 1.54) is 5.56 Å². The molecule has 0 unspecified atom stereocenters. The Hall–Kier alpha value is -1.62. The molecule has 5 nitrogen and oxygen atoms in total. The van der Waals surface area contributed by atoms with Gasteiger partial charge >= 0.3 is 0 Å². The van der Waals surface area contributed by atoms with E-state index < -0.39 is 0 Å². The third-order valence-corrected chi connectivity index (χ3v) is 6.05. The van der Waals surface area contributed by atoms with Crippen LogP contribution >= 0.6 is 11.6 Å². The van der Waals surface area contributed by atoms with Gasteiger partial charge in [-0.25, -0.2) is 4.98 Å². The lowest BCUT2D eigenvalue weighted by Crippen LogP contribution is -2.40. The first kappa shape index (κ1) is 17.8. The van der Waals surface area contributed by atoms with E-state index >= 15 is 0 Å². The zero-order chi connectivity index (χ0) is 18.1. The van der Waals surface area contributed by atoms with Crippen molar-refractivity contribution < 1.29 is 9.59 Å². The van der Waals surface area contributed by atoms with E-state index in [9.17, 15) is 9.59 Å². The number of hydrogen-bond donors (Lipinski definition) is 1. The predicted molar refractivity (Wildman–Crippen MR) is 100 cm³/mol. The zero-order valence-electron chi connectivity index (χ0n) is 15.1. The minimum atomic E-state index is -0.00988. The van der Waals surface area contributed by atoms with E-state index in [0.29, 0.717) is 35.6 Å². The molecule has 1 aromatic rings. The normalized spacial score (nSPS) is 22.2. The van der Waals surface area contributed by atoms with Crippen molar-refractivity contribution in [1.82, 2.24) is 15.2 Å². The highest BCUT2D eigenvalue weighted by atomic mass is 35.5. The summed E-state index contributed by atoms with van der Waals surface area (Å²) in [5, 5.41) is 3.37. The predicted octanol–water partition coefficient (Wildman–Crippen LogP) is 3.13. The largest absolute Gasteiger partial charge is 0.353 e. The molecule has 2 aliphatic carbocycles. The topological polar surface area (TPSA) is 62.3 Å². The molecule has 0 spiro atoms. The Kier molecular flexibility index (Phi) is 5.16. The van der Waals surface area contributed by atoms with Gasteiger partial charge in [-0.15, -0.1) is 0 Å². The number of carbonyl (C=O) groups is 2. The number of piperidine rings is 1. The van der Waals surface area contributed by atoms with Gasteiger partial charge < -0.3 is 10.2 Å². The van der Waals surface area contributed by atoms with Crippen molar-refractivity contribution in [1.29, 1.82) is 0 Å². The molecule has 140 valence electrons. The fraction of sp³-hybridized carbons (Fsp3) is 0.650. The Morgan fingerprint density at radius 1 is 1.23 bits per heavy atom. The van der Waals surface area contributed by atoms with Crippen LogP contribution in [0.25, 0.3) is 0 Å². The van der Waals surface area contributed by atoms with Crippen LogP contribution in [0, 0.1) is 5.92 Å². The molecule has 2 fully saturated rings. The maximum absolute atomic E-state index is 13.0. The maximum Gasteiger partial charge on any atom is 0.257 e. The van der Waals surface area contributed by atoms with Gasteiger partial charge in [-0.05, 0) is 68.9 Å². The third-order valence-electron chi connectivity index (χ3n) is 5.76. The standard InChI is InChI=1S/C20H26ClN3O2/c21-19-16(11-14-4-1-5-17(14)23-19)20(26)24-10-2-3-13(12-24)6-9-18(25)22-15-7-8-15/h11,13,15H,1-10,12H2,(H,22,25)/t13-/m1/s1. The lowest BCUT2D eigenvalue weighted by Gasteiger charge is -2.33. The van der Waals surface area contributed by atoms with Gasteiger partial charge in [0.15, 0.2) is 0 Å². The summed E-state index contributed by atoms with van der Waals surface area (Å²) in [6.45, 7) is 1.47. The summed E-state index contributed by atoms with van der Waals surface area (Å²) >= 11 is 6.30. The lowest BCUT2D eigenvalue weighted by atomic mass is 9.92. The molecular formula is C20H26ClN3O2. The first-order valence-electron chi connectivity index (χ1n) is 9.87. The molecule has 26 heavy (non-hydrogen) atoms. The van der Waals surface area contributed by atoms with Crippen molar-refractivity contribution >= 4 is 23.4 Å². The molecule has 1 aliphatic heterocycles. The van der Waals surface area contributed by atoms with Crippen LogP contribution in [0.4, 0.5) is 0 Å². The number of hydrogen-bond acceptors (Lipinski definition) is 3. The number of amides is 2. The highest BCUT2D eigenvalue weighted by Crippen LogP contribution is 2.28. The van der Waals surface area contributed by atoms with Gasteiger partial charge in [-0.3, -0.25) is 9.59 Å². The number of aryl methyl sites for hydroxylation is 2. The molecule has 0 radical (unpaired) electrons. The van der Waals surface area contributed by atoms with E-state index in [4.69, 9.17) is 11.6 Å². The van der Waals surface area contributed by atoms with Crippen molar-refractivity contribution in [2.45, 2.75) is 63.8 Å².